The van der Waals surface area contributed by atoms with Crippen molar-refractivity contribution in [3.63, 3.8) is 0 Å². The molecule has 40 heavy (non-hydrogen) atoms. The standard InChI is InChI=1S/C23H30ClFN7O6PS/c1-4-35-21(34)13(2)31-39(40,38-14-8-6-5-7-9-14)36-11-23(10-24)17(33)15(25)20(37-23)32-12-28-16-18(27-3)29-22(26)30-19(16)32/h5-9,12-13,15,17,20,33H,4,10-11H2,1-3H3,(H,31,40)(H3,26,27,29,30)/t13-,15-,17-,20+,23+,39?/m0/s1. The molecule has 0 radical (unpaired) electrons. The zero-order valence-corrected chi connectivity index (χ0v) is 24.3. The lowest BCUT2D eigenvalue weighted by Crippen LogP contribution is -2.48. The second-order valence-electron chi connectivity index (χ2n) is 8.88. The number of ether oxygens (including phenoxy) is 2. The molecule has 1 unspecified atom stereocenters. The number of hydrogen-bond donors (Lipinski definition) is 4. The molecular weight excluding hydrogens is 588 g/mol. The number of nitrogens with two attached hydrogens (primary N) is 1. The summed E-state index contributed by atoms with van der Waals surface area (Å²) >= 11 is 12.0. The molecule has 1 aliphatic heterocycles. The molecule has 13 nitrogen and oxygen atoms in total. The highest BCUT2D eigenvalue weighted by atomic mass is 35.5. The van der Waals surface area contributed by atoms with E-state index in [4.69, 9.17) is 47.7 Å². The molecule has 2 aromatic heterocycles. The van der Waals surface area contributed by atoms with Gasteiger partial charge in [-0.3, -0.25) is 9.36 Å². The van der Waals surface area contributed by atoms with Crippen molar-refractivity contribution < 1.29 is 32.8 Å². The van der Waals surface area contributed by atoms with Crippen molar-refractivity contribution in [3.8, 4) is 5.75 Å². The first-order valence-corrected chi connectivity index (χ1v) is 15.4. The first-order valence-electron chi connectivity index (χ1n) is 12.2. The molecule has 1 aliphatic rings. The number of nitrogen functional groups attached to an aromatic ring is 1. The Morgan fingerprint density at radius 1 is 1.40 bits per heavy atom. The predicted octanol–water partition coefficient (Wildman–Crippen LogP) is 2.52. The van der Waals surface area contributed by atoms with E-state index in [2.05, 4.69) is 25.4 Å². The Morgan fingerprint density at radius 2 is 2.12 bits per heavy atom. The van der Waals surface area contributed by atoms with Gasteiger partial charge in [0.05, 0.1) is 25.4 Å². The summed E-state index contributed by atoms with van der Waals surface area (Å²) in [5.74, 6) is -0.307. The molecule has 0 aliphatic carbocycles. The quantitative estimate of drug-likeness (QED) is 0.133. The van der Waals surface area contributed by atoms with E-state index in [-0.39, 0.29) is 24.1 Å². The number of aliphatic hydroxyl groups excluding tert-OH is 1. The number of imidazole rings is 1. The summed E-state index contributed by atoms with van der Waals surface area (Å²) < 4.78 is 40.0. The first-order chi connectivity index (χ1) is 19.1. The number of hydrogen-bond acceptors (Lipinski definition) is 12. The molecule has 5 N–H and O–H groups in total. The van der Waals surface area contributed by atoms with Gasteiger partial charge in [-0.2, -0.15) is 9.97 Å². The average Bonchev–Trinajstić information content (AvgIpc) is 3.46. The van der Waals surface area contributed by atoms with Gasteiger partial charge in [-0.15, -0.1) is 11.6 Å². The minimum atomic E-state index is -3.52. The van der Waals surface area contributed by atoms with Gasteiger partial charge in [0.2, 0.25) is 5.95 Å². The number of aromatic nitrogens is 4. The van der Waals surface area contributed by atoms with Gasteiger partial charge in [-0.05, 0) is 37.8 Å². The number of para-hydroxylation sites is 1. The second kappa shape index (κ2) is 12.5. The third kappa shape index (κ3) is 6.15. The Kier molecular flexibility index (Phi) is 9.45. The minimum Gasteiger partial charge on any atom is -0.465 e. The van der Waals surface area contributed by atoms with E-state index in [0.717, 1.165) is 0 Å². The second-order valence-corrected chi connectivity index (χ2v) is 12.3. The molecule has 3 aromatic rings. The van der Waals surface area contributed by atoms with Crippen molar-refractivity contribution in [2.75, 3.05) is 37.2 Å². The summed E-state index contributed by atoms with van der Waals surface area (Å²) in [5.41, 5.74) is 4.57. The van der Waals surface area contributed by atoms with Gasteiger partial charge in [-0.25, -0.2) is 14.5 Å². The predicted molar refractivity (Wildman–Crippen MR) is 150 cm³/mol. The van der Waals surface area contributed by atoms with E-state index < -0.39 is 49.4 Å². The third-order valence-electron chi connectivity index (χ3n) is 6.08. The smallest absolute Gasteiger partial charge is 0.323 e. The number of halogens is 2. The lowest BCUT2D eigenvalue weighted by atomic mass is 9.99. The molecule has 218 valence electrons. The van der Waals surface area contributed by atoms with Crippen molar-refractivity contribution in [2.24, 2.45) is 0 Å². The number of nitrogens with zero attached hydrogens (tertiary/aromatic N) is 4. The number of anilines is 2. The summed E-state index contributed by atoms with van der Waals surface area (Å²) in [7, 11) is 1.63. The van der Waals surface area contributed by atoms with Crippen molar-refractivity contribution in [2.45, 2.75) is 44.0 Å². The van der Waals surface area contributed by atoms with Crippen LogP contribution in [0.3, 0.4) is 0 Å². The van der Waals surface area contributed by atoms with Crippen molar-refractivity contribution in [1.29, 1.82) is 0 Å². The molecule has 4 rings (SSSR count). The average molecular weight is 618 g/mol. The van der Waals surface area contributed by atoms with Crippen molar-refractivity contribution in [1.82, 2.24) is 24.6 Å². The van der Waals surface area contributed by atoms with Crippen LogP contribution < -0.4 is 20.7 Å². The Bertz CT molecular complexity index is 1390. The number of aliphatic hydroxyl groups is 1. The highest BCUT2D eigenvalue weighted by molar-refractivity contribution is 8.09. The highest BCUT2D eigenvalue weighted by Gasteiger charge is 2.57. The summed E-state index contributed by atoms with van der Waals surface area (Å²) in [6, 6.07) is 7.67. The number of benzene rings is 1. The van der Waals surface area contributed by atoms with Crippen molar-refractivity contribution in [3.05, 3.63) is 36.7 Å². The van der Waals surface area contributed by atoms with Gasteiger partial charge in [-0.1, -0.05) is 18.2 Å². The first kappa shape index (κ1) is 30.3. The van der Waals surface area contributed by atoms with E-state index in [1.807, 2.05) is 0 Å². The minimum absolute atomic E-state index is 0.0694. The van der Waals surface area contributed by atoms with Crippen LogP contribution in [0.5, 0.6) is 5.75 Å². The van der Waals surface area contributed by atoms with Gasteiger partial charge in [0, 0.05) is 7.05 Å². The molecule has 1 fully saturated rings. The molecule has 17 heteroatoms. The van der Waals surface area contributed by atoms with Gasteiger partial charge in [0.15, 0.2) is 29.4 Å². The van der Waals surface area contributed by atoms with Crippen LogP contribution in [0.4, 0.5) is 16.2 Å². The number of alkyl halides is 2. The number of rotatable bonds is 12. The van der Waals surface area contributed by atoms with Gasteiger partial charge < -0.3 is 34.7 Å². The molecule has 6 atom stereocenters. The highest BCUT2D eigenvalue weighted by Crippen LogP contribution is 2.49. The largest absolute Gasteiger partial charge is 0.465 e. The normalized spacial score (nSPS) is 24.9. The fourth-order valence-corrected chi connectivity index (χ4v) is 6.79. The van der Waals surface area contributed by atoms with Crippen LogP contribution >= 0.6 is 18.2 Å². The molecule has 0 spiro atoms. The van der Waals surface area contributed by atoms with E-state index in [1.165, 1.54) is 10.9 Å². The summed E-state index contributed by atoms with van der Waals surface area (Å²) in [6.45, 7) is -0.618. The molecular formula is C23H30ClFN7O6PS. The number of fused-ring (bicyclic) bond motifs is 1. The molecule has 0 saturated carbocycles. The maximum atomic E-state index is 15.7. The van der Waals surface area contributed by atoms with E-state index in [9.17, 15) is 9.90 Å². The molecule has 0 bridgehead atoms. The van der Waals surface area contributed by atoms with Gasteiger partial charge >= 0.3 is 12.6 Å². The van der Waals surface area contributed by atoms with Crippen LogP contribution in [-0.4, -0.2) is 80.7 Å². The van der Waals surface area contributed by atoms with Crippen LogP contribution in [-0.2, 0) is 30.6 Å². The number of nitrogens with one attached hydrogen (secondary N) is 2. The Balaban J connectivity index is 1.61. The van der Waals surface area contributed by atoms with Crippen LogP contribution in [0, 0.1) is 0 Å². The van der Waals surface area contributed by atoms with Crippen molar-refractivity contribution >= 4 is 58.9 Å². The molecule has 1 saturated heterocycles. The SMILES string of the molecule is CCOC(=O)[C@H](C)NP(=S)(OC[C@@]1(CCl)O[C@@H](n2cnc3c(NC)nc(N)nc32)[C@@H](F)[C@@H]1O)Oc1ccccc1. The maximum absolute atomic E-state index is 15.7. The monoisotopic (exact) mass is 617 g/mol. The van der Waals surface area contributed by atoms with E-state index in [0.29, 0.717) is 17.1 Å². The fourth-order valence-electron chi connectivity index (χ4n) is 4.06. The number of esters is 1. The Labute approximate surface area is 239 Å². The number of carbonyl (C=O) groups excluding carboxylic acids is 1. The summed E-state index contributed by atoms with van der Waals surface area (Å²) in [6.07, 6.45) is -3.78. The summed E-state index contributed by atoms with van der Waals surface area (Å²) in [4.78, 5) is 24.8. The summed E-state index contributed by atoms with van der Waals surface area (Å²) in [5, 5.41) is 16.7. The van der Waals surface area contributed by atoms with Crippen LogP contribution in [0.15, 0.2) is 36.7 Å². The van der Waals surface area contributed by atoms with E-state index in [1.54, 1.807) is 51.2 Å². The zero-order valence-electron chi connectivity index (χ0n) is 21.9. The zero-order chi connectivity index (χ0) is 29.1. The molecule has 3 heterocycles. The maximum Gasteiger partial charge on any atom is 0.323 e. The Morgan fingerprint density at radius 3 is 2.77 bits per heavy atom. The van der Waals surface area contributed by atoms with Crippen LogP contribution in [0.25, 0.3) is 11.2 Å². The third-order valence-corrected chi connectivity index (χ3v) is 9.02. The van der Waals surface area contributed by atoms with Crippen LogP contribution in [0.2, 0.25) is 0 Å². The lowest BCUT2D eigenvalue weighted by Gasteiger charge is -2.33. The van der Waals surface area contributed by atoms with E-state index >= 15 is 4.39 Å². The molecule has 0 amide bonds. The Hall–Kier alpha value is -2.65. The van der Waals surface area contributed by atoms with Crippen LogP contribution in [0.1, 0.15) is 20.1 Å². The lowest BCUT2D eigenvalue weighted by molar-refractivity contribution is -0.144. The topological polar surface area (TPSA) is 168 Å². The van der Waals surface area contributed by atoms with Gasteiger partial charge in [0.1, 0.15) is 23.5 Å². The molecule has 1 aromatic carbocycles. The number of carbonyl (C=O) groups is 1. The van der Waals surface area contributed by atoms with Gasteiger partial charge in [0.25, 0.3) is 0 Å². The fraction of sp³-hybridized carbons (Fsp3) is 0.478.